The van der Waals surface area contributed by atoms with E-state index in [4.69, 9.17) is 21.1 Å². The van der Waals surface area contributed by atoms with Crippen LogP contribution in [0.2, 0.25) is 5.02 Å². The first kappa shape index (κ1) is 14.7. The summed E-state index contributed by atoms with van der Waals surface area (Å²) in [5.41, 5.74) is 0.440. The van der Waals surface area contributed by atoms with Crippen molar-refractivity contribution in [2.45, 2.75) is 18.9 Å². The highest BCUT2D eigenvalue weighted by molar-refractivity contribution is 6.30. The first-order valence-corrected chi connectivity index (χ1v) is 8.08. The predicted molar refractivity (Wildman–Crippen MR) is 79.8 cm³/mol. The Balaban J connectivity index is 1.40. The fourth-order valence-electron chi connectivity index (χ4n) is 4.28. The van der Waals surface area contributed by atoms with E-state index in [1.54, 1.807) is 24.3 Å². The number of benzene rings is 1. The third kappa shape index (κ3) is 2.34. The highest BCUT2D eigenvalue weighted by atomic mass is 35.5. The van der Waals surface area contributed by atoms with E-state index in [2.05, 4.69) is 0 Å². The first-order chi connectivity index (χ1) is 11.0. The largest absolute Gasteiger partial charge is 0.462 e. The number of hydrogen-bond donors (Lipinski definition) is 0. The molecular formula is C17H15ClO5. The lowest BCUT2D eigenvalue weighted by atomic mass is 9.80. The van der Waals surface area contributed by atoms with Crippen LogP contribution in [-0.2, 0) is 19.1 Å². The van der Waals surface area contributed by atoms with Gasteiger partial charge >= 0.3 is 11.9 Å². The molecule has 0 amide bonds. The van der Waals surface area contributed by atoms with E-state index in [0.717, 1.165) is 12.8 Å². The van der Waals surface area contributed by atoms with Gasteiger partial charge in [0.1, 0.15) is 6.10 Å². The number of hydrogen-bond acceptors (Lipinski definition) is 5. The van der Waals surface area contributed by atoms with Crippen LogP contribution >= 0.6 is 11.6 Å². The van der Waals surface area contributed by atoms with Gasteiger partial charge in [0.2, 0.25) is 0 Å². The molecule has 1 aliphatic heterocycles. The van der Waals surface area contributed by atoms with Gasteiger partial charge in [0, 0.05) is 16.5 Å². The van der Waals surface area contributed by atoms with Crippen LogP contribution in [0.5, 0.6) is 0 Å². The number of fused-ring (bicyclic) bond motifs is 1. The molecular weight excluding hydrogens is 320 g/mol. The Morgan fingerprint density at radius 2 is 1.96 bits per heavy atom. The minimum Gasteiger partial charge on any atom is -0.462 e. The van der Waals surface area contributed by atoms with E-state index in [-0.39, 0.29) is 42.2 Å². The Morgan fingerprint density at radius 3 is 2.70 bits per heavy atom. The molecule has 120 valence electrons. The average Bonchev–Trinajstić information content (AvgIpc) is 3.14. The number of ketones is 1. The Morgan fingerprint density at radius 1 is 1.22 bits per heavy atom. The standard InChI is InChI=1S/C17H15ClO5/c18-10-3-1-8(2-4-10)12(19)7-22-16(20)14-9-5-11-13(6-9)23-17(21)15(11)14/h1-4,9,11,13-15H,5-7H2/t9-,11+,13+,14-,15-/m1/s1. The minimum atomic E-state index is -0.456. The summed E-state index contributed by atoms with van der Waals surface area (Å²) in [7, 11) is 0. The first-order valence-electron chi connectivity index (χ1n) is 7.70. The van der Waals surface area contributed by atoms with Crippen molar-refractivity contribution in [3.8, 4) is 0 Å². The van der Waals surface area contributed by atoms with Crippen molar-refractivity contribution in [2.24, 2.45) is 23.7 Å². The van der Waals surface area contributed by atoms with Gasteiger partial charge in [-0.05, 0) is 43.0 Å². The number of halogens is 1. The van der Waals surface area contributed by atoms with Crippen LogP contribution in [0, 0.1) is 23.7 Å². The molecule has 1 saturated heterocycles. The maximum absolute atomic E-state index is 12.4. The Bertz CT molecular complexity index is 681. The summed E-state index contributed by atoms with van der Waals surface area (Å²) < 4.78 is 10.5. The fourth-order valence-corrected chi connectivity index (χ4v) is 4.40. The molecule has 1 aromatic carbocycles. The number of esters is 2. The Kier molecular flexibility index (Phi) is 3.41. The van der Waals surface area contributed by atoms with E-state index in [1.807, 2.05) is 0 Å². The summed E-state index contributed by atoms with van der Waals surface area (Å²) in [5.74, 6) is -1.57. The van der Waals surface area contributed by atoms with Gasteiger partial charge in [0.05, 0.1) is 11.8 Å². The van der Waals surface area contributed by atoms with Gasteiger partial charge in [-0.1, -0.05) is 11.6 Å². The van der Waals surface area contributed by atoms with Crippen LogP contribution in [0.3, 0.4) is 0 Å². The Hall–Kier alpha value is -1.88. The average molecular weight is 335 g/mol. The van der Waals surface area contributed by atoms with Crippen molar-refractivity contribution in [3.05, 3.63) is 34.9 Å². The number of carbonyl (C=O) groups is 3. The number of carbonyl (C=O) groups excluding carboxylic acids is 3. The normalized spacial score (nSPS) is 33.6. The van der Waals surface area contributed by atoms with Crippen LogP contribution in [0.4, 0.5) is 0 Å². The van der Waals surface area contributed by atoms with Crippen molar-refractivity contribution in [1.29, 1.82) is 0 Å². The SMILES string of the molecule is O=C(COC(=O)[C@@H]1[C@@H]2C[C@@H]3[C@H]1C(=O)O[C@H]3C2)c1ccc(Cl)cc1. The lowest BCUT2D eigenvalue weighted by Crippen LogP contribution is -2.34. The van der Waals surface area contributed by atoms with Crippen molar-refractivity contribution in [3.63, 3.8) is 0 Å². The highest BCUT2D eigenvalue weighted by Gasteiger charge is 2.64. The van der Waals surface area contributed by atoms with Gasteiger partial charge in [0.25, 0.3) is 0 Å². The van der Waals surface area contributed by atoms with E-state index < -0.39 is 11.9 Å². The maximum Gasteiger partial charge on any atom is 0.310 e. The highest BCUT2D eigenvalue weighted by Crippen LogP contribution is 2.57. The molecule has 23 heavy (non-hydrogen) atoms. The molecule has 0 spiro atoms. The van der Waals surface area contributed by atoms with Crippen molar-refractivity contribution >= 4 is 29.3 Å². The third-order valence-electron chi connectivity index (χ3n) is 5.27. The zero-order valence-corrected chi connectivity index (χ0v) is 13.0. The molecule has 5 nitrogen and oxygen atoms in total. The van der Waals surface area contributed by atoms with Crippen LogP contribution in [-0.4, -0.2) is 30.4 Å². The molecule has 1 aromatic rings. The predicted octanol–water partition coefficient (Wildman–Crippen LogP) is 2.26. The molecule has 0 unspecified atom stereocenters. The van der Waals surface area contributed by atoms with Crippen molar-refractivity contribution in [2.75, 3.05) is 6.61 Å². The molecule has 5 atom stereocenters. The summed E-state index contributed by atoms with van der Waals surface area (Å²) in [6.45, 7) is -0.320. The topological polar surface area (TPSA) is 69.7 Å². The number of rotatable bonds is 4. The summed E-state index contributed by atoms with van der Waals surface area (Å²) in [4.78, 5) is 36.3. The smallest absolute Gasteiger partial charge is 0.310 e. The summed E-state index contributed by atoms with van der Waals surface area (Å²) in [6.07, 6.45) is 1.56. The van der Waals surface area contributed by atoms with Crippen molar-refractivity contribution in [1.82, 2.24) is 0 Å². The fraction of sp³-hybridized carbons (Fsp3) is 0.471. The van der Waals surface area contributed by atoms with Crippen LogP contribution < -0.4 is 0 Å². The zero-order valence-electron chi connectivity index (χ0n) is 12.2. The quantitative estimate of drug-likeness (QED) is 0.624. The maximum atomic E-state index is 12.4. The molecule has 2 aliphatic carbocycles. The number of Topliss-reactive ketones (excluding diaryl/α,β-unsaturated/α-hetero) is 1. The molecule has 3 fully saturated rings. The molecule has 2 bridgehead atoms. The van der Waals surface area contributed by atoms with Gasteiger partial charge in [-0.15, -0.1) is 0 Å². The molecule has 0 aromatic heterocycles. The molecule has 4 rings (SSSR count). The summed E-state index contributed by atoms with van der Waals surface area (Å²) in [5, 5.41) is 0.537. The van der Waals surface area contributed by atoms with E-state index >= 15 is 0 Å². The monoisotopic (exact) mass is 334 g/mol. The Labute approximate surface area is 137 Å². The number of ether oxygens (including phenoxy) is 2. The van der Waals surface area contributed by atoms with E-state index in [0.29, 0.717) is 10.6 Å². The van der Waals surface area contributed by atoms with Gasteiger partial charge in [-0.25, -0.2) is 0 Å². The third-order valence-corrected chi connectivity index (χ3v) is 5.52. The van der Waals surface area contributed by atoms with Crippen LogP contribution in [0.1, 0.15) is 23.2 Å². The molecule has 0 radical (unpaired) electrons. The molecule has 3 aliphatic rings. The lowest BCUT2D eigenvalue weighted by Gasteiger charge is -2.22. The van der Waals surface area contributed by atoms with Gasteiger partial charge in [-0.3, -0.25) is 14.4 Å². The molecule has 6 heteroatoms. The second-order valence-corrected chi connectivity index (χ2v) is 6.90. The van der Waals surface area contributed by atoms with Gasteiger partial charge in [-0.2, -0.15) is 0 Å². The molecule has 2 saturated carbocycles. The van der Waals surface area contributed by atoms with Crippen molar-refractivity contribution < 1.29 is 23.9 Å². The summed E-state index contributed by atoms with van der Waals surface area (Å²) >= 11 is 5.78. The second-order valence-electron chi connectivity index (χ2n) is 6.46. The second kappa shape index (κ2) is 5.34. The van der Waals surface area contributed by atoms with Gasteiger partial charge < -0.3 is 9.47 Å². The van der Waals surface area contributed by atoms with E-state index in [9.17, 15) is 14.4 Å². The minimum absolute atomic E-state index is 0.0164. The molecule has 0 N–H and O–H groups in total. The lowest BCUT2D eigenvalue weighted by molar-refractivity contribution is -0.154. The van der Waals surface area contributed by atoms with Crippen LogP contribution in [0.25, 0.3) is 0 Å². The van der Waals surface area contributed by atoms with Crippen LogP contribution in [0.15, 0.2) is 24.3 Å². The van der Waals surface area contributed by atoms with E-state index in [1.165, 1.54) is 0 Å². The summed E-state index contributed by atoms with van der Waals surface area (Å²) in [6, 6.07) is 6.41. The molecule has 1 heterocycles. The zero-order chi connectivity index (χ0) is 16.1. The van der Waals surface area contributed by atoms with Gasteiger partial charge in [0.15, 0.2) is 12.4 Å².